The highest BCUT2D eigenvalue weighted by Gasteiger charge is 2.33. The fraction of sp³-hybridized carbons (Fsp3) is 0.316. The van der Waals surface area contributed by atoms with Gasteiger partial charge in [0, 0.05) is 18.3 Å². The summed E-state index contributed by atoms with van der Waals surface area (Å²) in [6.45, 7) is 2.34. The zero-order valence-corrected chi connectivity index (χ0v) is 15.0. The van der Waals surface area contributed by atoms with E-state index in [2.05, 4.69) is 5.32 Å². The molecule has 0 saturated carbocycles. The monoisotopic (exact) mass is 358 g/mol. The summed E-state index contributed by atoms with van der Waals surface area (Å²) in [5.41, 5.74) is 2.89. The molecular weight excluding hydrogens is 336 g/mol. The van der Waals surface area contributed by atoms with E-state index in [4.69, 9.17) is 0 Å². The molecule has 1 saturated heterocycles. The fourth-order valence-corrected chi connectivity index (χ4v) is 4.89. The highest BCUT2D eigenvalue weighted by Crippen LogP contribution is 2.22. The maximum atomic E-state index is 12.5. The van der Waals surface area contributed by atoms with Crippen molar-refractivity contribution in [3.8, 4) is 11.1 Å². The number of nitrogens with one attached hydrogen (secondary N) is 1. The number of benzene rings is 2. The standard InChI is InChI=1S/C19H22N2O3S/c1-2-21(18-12-13-25(23,24)14-18)19(22)20-17-10-8-16(9-11-17)15-6-4-3-5-7-15/h3-11,18H,2,12-14H2,1H3,(H,20,22). The van der Waals surface area contributed by atoms with Crippen molar-refractivity contribution in [3.05, 3.63) is 54.6 Å². The van der Waals surface area contributed by atoms with Crippen molar-refractivity contribution in [2.24, 2.45) is 0 Å². The van der Waals surface area contributed by atoms with Gasteiger partial charge in [0.15, 0.2) is 9.84 Å². The molecule has 132 valence electrons. The molecule has 1 N–H and O–H groups in total. The minimum Gasteiger partial charge on any atom is -0.321 e. The van der Waals surface area contributed by atoms with E-state index in [0.717, 1.165) is 11.1 Å². The third-order valence-corrected chi connectivity index (χ3v) is 6.24. The molecule has 6 heteroatoms. The molecule has 0 bridgehead atoms. The third-order valence-electron chi connectivity index (χ3n) is 4.49. The molecule has 2 aromatic carbocycles. The van der Waals surface area contributed by atoms with Crippen LogP contribution in [0.1, 0.15) is 13.3 Å². The van der Waals surface area contributed by atoms with E-state index in [1.54, 1.807) is 4.90 Å². The summed E-state index contributed by atoms with van der Waals surface area (Å²) in [5, 5.41) is 2.87. The molecule has 0 aliphatic carbocycles. The molecular formula is C19H22N2O3S. The van der Waals surface area contributed by atoms with Gasteiger partial charge in [-0.25, -0.2) is 13.2 Å². The van der Waals surface area contributed by atoms with Crippen molar-refractivity contribution in [3.63, 3.8) is 0 Å². The van der Waals surface area contributed by atoms with Crippen LogP contribution in [0.5, 0.6) is 0 Å². The van der Waals surface area contributed by atoms with Crippen molar-refractivity contribution in [2.45, 2.75) is 19.4 Å². The summed E-state index contributed by atoms with van der Waals surface area (Å²) < 4.78 is 23.3. The largest absolute Gasteiger partial charge is 0.322 e. The van der Waals surface area contributed by atoms with Gasteiger partial charge >= 0.3 is 6.03 Å². The smallest absolute Gasteiger partial charge is 0.321 e. The van der Waals surface area contributed by atoms with Gasteiger partial charge in [-0.05, 0) is 36.6 Å². The first-order valence-corrected chi connectivity index (χ1v) is 10.2. The normalized spacial score (nSPS) is 18.7. The second-order valence-electron chi connectivity index (χ2n) is 6.22. The molecule has 1 aliphatic rings. The summed E-state index contributed by atoms with van der Waals surface area (Å²) in [7, 11) is -3.01. The van der Waals surface area contributed by atoms with Gasteiger partial charge in [0.2, 0.25) is 0 Å². The zero-order chi connectivity index (χ0) is 17.9. The SMILES string of the molecule is CCN(C(=O)Nc1ccc(-c2ccccc2)cc1)C1CCS(=O)(=O)C1. The molecule has 1 aliphatic heterocycles. The molecule has 0 radical (unpaired) electrons. The van der Waals surface area contributed by atoms with Gasteiger partial charge in [0.25, 0.3) is 0 Å². The van der Waals surface area contributed by atoms with Crippen LogP contribution < -0.4 is 5.32 Å². The topological polar surface area (TPSA) is 66.5 Å². The van der Waals surface area contributed by atoms with Gasteiger partial charge in [-0.1, -0.05) is 42.5 Å². The Balaban J connectivity index is 1.68. The maximum Gasteiger partial charge on any atom is 0.322 e. The van der Waals surface area contributed by atoms with Crippen LogP contribution in [-0.4, -0.2) is 43.4 Å². The quantitative estimate of drug-likeness (QED) is 0.911. The van der Waals surface area contributed by atoms with Crippen LogP contribution in [0.4, 0.5) is 10.5 Å². The maximum absolute atomic E-state index is 12.5. The van der Waals surface area contributed by atoms with E-state index in [1.165, 1.54) is 0 Å². The number of urea groups is 1. The highest BCUT2D eigenvalue weighted by molar-refractivity contribution is 7.91. The molecule has 0 aromatic heterocycles. The first kappa shape index (κ1) is 17.5. The summed E-state index contributed by atoms with van der Waals surface area (Å²) in [6.07, 6.45) is 0.510. The Morgan fingerprint density at radius 2 is 1.72 bits per heavy atom. The van der Waals surface area contributed by atoms with E-state index < -0.39 is 9.84 Å². The number of nitrogens with zero attached hydrogens (tertiary/aromatic N) is 1. The minimum absolute atomic E-state index is 0.0568. The Labute approximate surface area is 148 Å². The zero-order valence-electron chi connectivity index (χ0n) is 14.2. The van der Waals surface area contributed by atoms with Crippen LogP contribution in [0.2, 0.25) is 0 Å². The third kappa shape index (κ3) is 4.20. The first-order chi connectivity index (χ1) is 12.0. The number of sulfone groups is 1. The number of anilines is 1. The Morgan fingerprint density at radius 1 is 1.08 bits per heavy atom. The summed E-state index contributed by atoms with van der Waals surface area (Å²) in [6, 6.07) is 17.2. The highest BCUT2D eigenvalue weighted by atomic mass is 32.2. The van der Waals surface area contributed by atoms with Gasteiger partial charge in [-0.3, -0.25) is 0 Å². The molecule has 25 heavy (non-hydrogen) atoms. The Bertz CT molecular complexity index is 833. The van der Waals surface area contributed by atoms with E-state index in [-0.39, 0.29) is 23.6 Å². The summed E-state index contributed by atoms with van der Waals surface area (Å²) in [4.78, 5) is 14.1. The average Bonchev–Trinajstić information content (AvgIpc) is 2.96. The minimum atomic E-state index is -3.01. The molecule has 1 atom stereocenters. The van der Waals surface area contributed by atoms with Gasteiger partial charge in [0.1, 0.15) is 0 Å². The molecule has 1 heterocycles. The summed E-state index contributed by atoms with van der Waals surface area (Å²) in [5.74, 6) is 0.217. The predicted molar refractivity (Wildman–Crippen MR) is 100 cm³/mol. The molecule has 0 spiro atoms. The average molecular weight is 358 g/mol. The summed E-state index contributed by atoms with van der Waals surface area (Å²) >= 11 is 0. The molecule has 3 rings (SSSR count). The lowest BCUT2D eigenvalue weighted by Gasteiger charge is -2.27. The van der Waals surface area contributed by atoms with Crippen LogP contribution >= 0.6 is 0 Å². The van der Waals surface area contributed by atoms with E-state index in [0.29, 0.717) is 18.7 Å². The number of rotatable bonds is 4. The lowest BCUT2D eigenvalue weighted by atomic mass is 10.1. The van der Waals surface area contributed by atoms with Crippen LogP contribution in [0.3, 0.4) is 0 Å². The number of carbonyl (C=O) groups excluding carboxylic acids is 1. The van der Waals surface area contributed by atoms with Crippen molar-refractivity contribution >= 4 is 21.6 Å². The Morgan fingerprint density at radius 3 is 2.28 bits per heavy atom. The number of hydrogen-bond acceptors (Lipinski definition) is 3. The molecule has 1 fully saturated rings. The Kier molecular flexibility index (Phi) is 5.08. The lowest BCUT2D eigenvalue weighted by molar-refractivity contribution is 0.197. The molecule has 5 nitrogen and oxygen atoms in total. The van der Waals surface area contributed by atoms with Gasteiger partial charge in [-0.2, -0.15) is 0 Å². The second kappa shape index (κ2) is 7.27. The van der Waals surface area contributed by atoms with E-state index in [1.807, 2.05) is 61.5 Å². The van der Waals surface area contributed by atoms with Gasteiger partial charge < -0.3 is 10.2 Å². The first-order valence-electron chi connectivity index (χ1n) is 8.42. The number of hydrogen-bond donors (Lipinski definition) is 1. The van der Waals surface area contributed by atoms with Crippen molar-refractivity contribution in [2.75, 3.05) is 23.4 Å². The van der Waals surface area contributed by atoms with Crippen LogP contribution in [0.15, 0.2) is 54.6 Å². The molecule has 1 unspecified atom stereocenters. The number of amides is 2. The van der Waals surface area contributed by atoms with Crippen molar-refractivity contribution in [1.29, 1.82) is 0 Å². The number of carbonyl (C=O) groups is 1. The van der Waals surface area contributed by atoms with Crippen molar-refractivity contribution in [1.82, 2.24) is 4.90 Å². The van der Waals surface area contributed by atoms with Gasteiger partial charge in [0.05, 0.1) is 11.5 Å². The van der Waals surface area contributed by atoms with Crippen LogP contribution in [-0.2, 0) is 9.84 Å². The van der Waals surface area contributed by atoms with Crippen LogP contribution in [0, 0.1) is 0 Å². The lowest BCUT2D eigenvalue weighted by Crippen LogP contribution is -2.43. The predicted octanol–water partition coefficient (Wildman–Crippen LogP) is 3.39. The van der Waals surface area contributed by atoms with Crippen molar-refractivity contribution < 1.29 is 13.2 Å². The molecule has 2 aromatic rings. The van der Waals surface area contributed by atoms with Crippen LogP contribution in [0.25, 0.3) is 11.1 Å². The van der Waals surface area contributed by atoms with E-state index >= 15 is 0 Å². The second-order valence-corrected chi connectivity index (χ2v) is 8.45. The van der Waals surface area contributed by atoms with E-state index in [9.17, 15) is 13.2 Å². The Hall–Kier alpha value is -2.34. The fourth-order valence-electron chi connectivity index (χ4n) is 3.16. The molecule has 2 amide bonds. The van der Waals surface area contributed by atoms with Gasteiger partial charge in [-0.15, -0.1) is 0 Å².